The van der Waals surface area contributed by atoms with Gasteiger partial charge in [0.25, 0.3) is 10.4 Å². The van der Waals surface area contributed by atoms with E-state index < -0.39 is 53.0 Å². The van der Waals surface area contributed by atoms with Gasteiger partial charge in [-0.2, -0.15) is 8.42 Å². The molecule has 0 amide bonds. The van der Waals surface area contributed by atoms with Crippen LogP contribution >= 0.6 is 11.8 Å². The van der Waals surface area contributed by atoms with Gasteiger partial charge in [-0.25, -0.2) is 0 Å². The molecule has 0 aromatic carbocycles. The van der Waals surface area contributed by atoms with Crippen molar-refractivity contribution in [3.63, 3.8) is 0 Å². The number of aliphatic hydroxyl groups excluding tert-OH is 5. The molecule has 1 rings (SSSR count). The summed E-state index contributed by atoms with van der Waals surface area (Å²) in [5, 5.41) is 50.7. The van der Waals surface area contributed by atoms with Crippen LogP contribution in [0.3, 0.4) is 0 Å². The van der Waals surface area contributed by atoms with E-state index in [-0.39, 0.29) is 11.5 Å². The summed E-state index contributed by atoms with van der Waals surface area (Å²) in [6, 6.07) is 0. The Morgan fingerprint density at radius 2 is 2.00 bits per heavy atom. The van der Waals surface area contributed by atoms with Crippen LogP contribution in [0.2, 0.25) is 0 Å². The van der Waals surface area contributed by atoms with Crippen molar-refractivity contribution in [1.82, 2.24) is 0 Å². The fraction of sp³-hybridized carbons (Fsp3) is 0.727. The zero-order valence-electron chi connectivity index (χ0n) is 12.2. The average Bonchev–Trinajstić information content (AvgIpc) is 2.52. The summed E-state index contributed by atoms with van der Waals surface area (Å²) >= 11 is 0.542. The summed E-state index contributed by atoms with van der Waals surface area (Å²) in [4.78, 5) is 0. The Balaban J connectivity index is 2.92. The van der Waals surface area contributed by atoms with Crippen molar-refractivity contribution in [1.29, 1.82) is 0 Å². The van der Waals surface area contributed by atoms with Crippen LogP contribution in [0.1, 0.15) is 6.42 Å². The van der Waals surface area contributed by atoms with Gasteiger partial charge in [0.2, 0.25) is 0 Å². The second-order valence-corrected chi connectivity index (χ2v) is 6.93. The van der Waals surface area contributed by atoms with E-state index in [1.54, 1.807) is 0 Å². The molecule has 0 radical (unpaired) electrons. The Hall–Kier alpha value is -0.770. The lowest BCUT2D eigenvalue weighted by atomic mass is 10.0. The van der Waals surface area contributed by atoms with E-state index in [2.05, 4.69) is 16.0 Å². The van der Waals surface area contributed by atoms with Gasteiger partial charge >= 0.3 is 0 Å². The number of ether oxygens (including phenoxy) is 1. The van der Waals surface area contributed by atoms with Crippen LogP contribution in [-0.2, 0) is 19.4 Å². The fourth-order valence-corrected chi connectivity index (χ4v) is 3.10. The third-order valence-corrected chi connectivity index (χ3v) is 4.38. The summed E-state index contributed by atoms with van der Waals surface area (Å²) < 4.78 is 40.4. The molecule has 0 bridgehead atoms. The van der Waals surface area contributed by atoms with Gasteiger partial charge in [0, 0.05) is 6.42 Å². The second kappa shape index (κ2) is 9.07. The molecule has 1 aliphatic heterocycles. The monoisotopic (exact) mass is 388 g/mol. The standard InChI is InChI=1S/C11H19NO10S2/c1-2-5(14)3-7(12-22-24(18,19)20)23-11-10(17)9(16)8(15)6(4-13)21-11/h2,5-6,8-11,13-17H,1,3-4H2,(H,18,19,20)/p-1/b12-7+/t5?,6-,8-,9+,10-,11+/m1/s1. The summed E-state index contributed by atoms with van der Waals surface area (Å²) in [6.45, 7) is 2.65. The molecule has 5 N–H and O–H groups in total. The maximum absolute atomic E-state index is 10.5. The van der Waals surface area contributed by atoms with Gasteiger partial charge in [0.05, 0.1) is 12.7 Å². The number of aliphatic hydroxyl groups is 5. The zero-order valence-corrected chi connectivity index (χ0v) is 13.8. The van der Waals surface area contributed by atoms with Crippen molar-refractivity contribution in [2.24, 2.45) is 5.16 Å². The summed E-state index contributed by atoms with van der Waals surface area (Å²) in [6.07, 6.45) is -6.41. The van der Waals surface area contributed by atoms with E-state index in [4.69, 9.17) is 9.84 Å². The predicted octanol–water partition coefficient (Wildman–Crippen LogP) is -2.75. The summed E-state index contributed by atoms with van der Waals surface area (Å²) in [7, 11) is -5.14. The molecule has 13 heteroatoms. The molecule has 1 aliphatic rings. The van der Waals surface area contributed by atoms with Crippen LogP contribution in [0, 0.1) is 0 Å². The van der Waals surface area contributed by atoms with Gasteiger partial charge in [0.15, 0.2) is 0 Å². The van der Waals surface area contributed by atoms with Crippen LogP contribution in [-0.4, -0.2) is 86.1 Å². The molecule has 24 heavy (non-hydrogen) atoms. The minimum absolute atomic E-state index is 0.258. The van der Waals surface area contributed by atoms with Gasteiger partial charge in [-0.3, -0.25) is 4.28 Å². The number of oxime groups is 1. The third kappa shape index (κ3) is 6.27. The molecular weight excluding hydrogens is 370 g/mol. The van der Waals surface area contributed by atoms with E-state index in [9.17, 15) is 33.4 Å². The van der Waals surface area contributed by atoms with Crippen LogP contribution in [0.5, 0.6) is 0 Å². The van der Waals surface area contributed by atoms with Crippen LogP contribution in [0.15, 0.2) is 17.8 Å². The molecule has 1 unspecified atom stereocenters. The smallest absolute Gasteiger partial charge is 0.284 e. The molecule has 140 valence electrons. The molecule has 0 aliphatic carbocycles. The minimum Gasteiger partial charge on any atom is -0.714 e. The van der Waals surface area contributed by atoms with Crippen LogP contribution in [0.25, 0.3) is 0 Å². The number of hydrogen-bond acceptors (Lipinski definition) is 12. The number of rotatable bonds is 7. The fourth-order valence-electron chi connectivity index (χ4n) is 1.76. The highest BCUT2D eigenvalue weighted by atomic mass is 32.3. The molecule has 0 aromatic heterocycles. The summed E-state index contributed by atoms with van der Waals surface area (Å²) in [5.41, 5.74) is -1.28. The molecule has 0 saturated carbocycles. The van der Waals surface area contributed by atoms with Crippen molar-refractivity contribution >= 4 is 27.2 Å². The maximum Gasteiger partial charge on any atom is 0.284 e. The van der Waals surface area contributed by atoms with E-state index in [0.29, 0.717) is 11.8 Å². The highest BCUT2D eigenvalue weighted by Crippen LogP contribution is 2.30. The van der Waals surface area contributed by atoms with Gasteiger partial charge in [-0.1, -0.05) is 23.0 Å². The lowest BCUT2D eigenvalue weighted by Crippen LogP contribution is -2.57. The molecule has 0 spiro atoms. The molecule has 11 nitrogen and oxygen atoms in total. The van der Waals surface area contributed by atoms with Crippen molar-refractivity contribution in [2.45, 2.75) is 42.4 Å². The predicted molar refractivity (Wildman–Crippen MR) is 80.4 cm³/mol. The van der Waals surface area contributed by atoms with Crippen molar-refractivity contribution in [2.75, 3.05) is 6.61 Å². The first kappa shape index (κ1) is 21.3. The van der Waals surface area contributed by atoms with E-state index in [1.807, 2.05) is 0 Å². The molecular formula is C11H18NO10S2-. The zero-order chi connectivity index (χ0) is 18.5. The van der Waals surface area contributed by atoms with Gasteiger partial charge in [-0.15, -0.1) is 6.58 Å². The molecule has 1 saturated heterocycles. The maximum atomic E-state index is 10.5. The van der Waals surface area contributed by atoms with Gasteiger partial charge < -0.3 is 34.8 Å². The average molecular weight is 388 g/mol. The topological polar surface area (TPSA) is 189 Å². The third-order valence-electron chi connectivity index (χ3n) is 2.99. The highest BCUT2D eigenvalue weighted by Gasteiger charge is 2.44. The SMILES string of the molecule is C=CC(O)C/C(=N\OS(=O)(=O)[O-])S[C@@H]1O[C@H](CO)[C@@H](O)[C@H](O)[C@H]1O. The highest BCUT2D eigenvalue weighted by molar-refractivity contribution is 8.14. The van der Waals surface area contributed by atoms with E-state index >= 15 is 0 Å². The largest absolute Gasteiger partial charge is 0.714 e. The van der Waals surface area contributed by atoms with Crippen molar-refractivity contribution in [3.05, 3.63) is 12.7 Å². The second-order valence-electron chi connectivity index (χ2n) is 4.79. The number of thioether (sulfide) groups is 1. The Morgan fingerprint density at radius 1 is 1.38 bits per heavy atom. The number of nitrogens with zero attached hydrogens (tertiary/aromatic N) is 1. The first-order valence-corrected chi connectivity index (χ1v) is 8.79. The van der Waals surface area contributed by atoms with E-state index in [0.717, 1.165) is 6.08 Å². The lowest BCUT2D eigenvalue weighted by Gasteiger charge is -2.39. The lowest BCUT2D eigenvalue weighted by molar-refractivity contribution is -0.205. The van der Waals surface area contributed by atoms with Gasteiger partial charge in [-0.05, 0) is 0 Å². The Morgan fingerprint density at radius 3 is 2.50 bits per heavy atom. The first-order chi connectivity index (χ1) is 11.1. The molecule has 1 heterocycles. The minimum atomic E-state index is -5.14. The van der Waals surface area contributed by atoms with Crippen LogP contribution < -0.4 is 0 Å². The van der Waals surface area contributed by atoms with E-state index in [1.165, 1.54) is 0 Å². The Kier molecular flexibility index (Phi) is 8.04. The molecule has 6 atom stereocenters. The normalized spacial score (nSPS) is 33.1. The van der Waals surface area contributed by atoms with Crippen molar-refractivity contribution in [3.8, 4) is 0 Å². The quantitative estimate of drug-likeness (QED) is 0.0759. The Bertz CT molecular complexity index is 551. The number of hydrogen-bond donors (Lipinski definition) is 5. The first-order valence-electron chi connectivity index (χ1n) is 6.58. The van der Waals surface area contributed by atoms with Crippen LogP contribution in [0.4, 0.5) is 0 Å². The van der Waals surface area contributed by atoms with Crippen molar-refractivity contribution < 1.29 is 47.5 Å². The van der Waals surface area contributed by atoms with Gasteiger partial charge in [0.1, 0.15) is 34.9 Å². The molecule has 1 fully saturated rings. The Labute approximate surface area is 142 Å². The molecule has 0 aromatic rings. The summed E-state index contributed by atoms with van der Waals surface area (Å²) in [5.74, 6) is 0.